The molecule has 0 N–H and O–H groups in total. The molecule has 69 valence electrons. The highest BCUT2D eigenvalue weighted by Crippen LogP contribution is 2.07. The SMILES string of the molecule is C=CC(CCCCCC)O[C]=O. The van der Waals surface area contributed by atoms with E-state index in [4.69, 9.17) is 0 Å². The fraction of sp³-hybridized carbons (Fsp3) is 0.700. The Balaban J connectivity index is 3.31. The van der Waals surface area contributed by atoms with Crippen LogP contribution < -0.4 is 0 Å². The first-order chi connectivity index (χ1) is 5.85. The number of ether oxygens (including phenoxy) is 1. The average Bonchev–Trinajstić information content (AvgIpc) is 2.10. The van der Waals surface area contributed by atoms with Gasteiger partial charge in [0.25, 0.3) is 0 Å². The van der Waals surface area contributed by atoms with E-state index in [2.05, 4.69) is 18.2 Å². The molecule has 0 bridgehead atoms. The molecule has 0 spiro atoms. The van der Waals surface area contributed by atoms with E-state index in [9.17, 15) is 4.79 Å². The molecule has 0 heterocycles. The quantitative estimate of drug-likeness (QED) is 0.412. The van der Waals surface area contributed by atoms with Crippen molar-refractivity contribution in [2.45, 2.75) is 45.1 Å². The fourth-order valence-electron chi connectivity index (χ4n) is 1.06. The van der Waals surface area contributed by atoms with Gasteiger partial charge in [0, 0.05) is 0 Å². The van der Waals surface area contributed by atoms with Crippen molar-refractivity contribution in [1.29, 1.82) is 0 Å². The van der Waals surface area contributed by atoms with Gasteiger partial charge >= 0.3 is 6.47 Å². The highest BCUT2D eigenvalue weighted by Gasteiger charge is 2.02. The summed E-state index contributed by atoms with van der Waals surface area (Å²) < 4.78 is 4.65. The first-order valence-corrected chi connectivity index (χ1v) is 4.50. The second kappa shape index (κ2) is 8.31. The minimum absolute atomic E-state index is 0.139. The summed E-state index contributed by atoms with van der Waals surface area (Å²) in [6.07, 6.45) is 7.14. The molecule has 0 aliphatic heterocycles. The van der Waals surface area contributed by atoms with Crippen LogP contribution in [0.4, 0.5) is 0 Å². The molecule has 1 radical (unpaired) electrons. The van der Waals surface area contributed by atoms with Crippen molar-refractivity contribution in [3.05, 3.63) is 12.7 Å². The topological polar surface area (TPSA) is 26.3 Å². The van der Waals surface area contributed by atoms with Crippen molar-refractivity contribution in [3.8, 4) is 0 Å². The van der Waals surface area contributed by atoms with Crippen molar-refractivity contribution in [2.75, 3.05) is 0 Å². The normalized spacial score (nSPS) is 12.1. The smallest absolute Gasteiger partial charge is 0.418 e. The van der Waals surface area contributed by atoms with Gasteiger partial charge < -0.3 is 4.74 Å². The number of hydrogen-bond acceptors (Lipinski definition) is 2. The Morgan fingerprint density at radius 2 is 2.25 bits per heavy atom. The molecule has 0 aromatic heterocycles. The van der Waals surface area contributed by atoms with Crippen molar-refractivity contribution in [1.82, 2.24) is 0 Å². The zero-order valence-electron chi connectivity index (χ0n) is 7.71. The van der Waals surface area contributed by atoms with Gasteiger partial charge in [0.15, 0.2) is 0 Å². The Labute approximate surface area is 74.6 Å². The number of carbonyl (C=O) groups excluding carboxylic acids is 1. The molecule has 0 aromatic rings. The molecule has 0 aliphatic carbocycles. The monoisotopic (exact) mass is 169 g/mol. The predicted octanol–water partition coefficient (Wildman–Crippen LogP) is 2.60. The number of hydrogen-bond donors (Lipinski definition) is 0. The maximum Gasteiger partial charge on any atom is 0.418 e. The van der Waals surface area contributed by atoms with E-state index in [0.717, 1.165) is 12.8 Å². The van der Waals surface area contributed by atoms with Crippen LogP contribution in [0.2, 0.25) is 0 Å². The molecule has 0 saturated carbocycles. The summed E-state index contributed by atoms with van der Waals surface area (Å²) in [6.45, 7) is 7.18. The maximum absolute atomic E-state index is 9.87. The van der Waals surface area contributed by atoms with E-state index in [1.807, 2.05) is 0 Å². The molecule has 0 rings (SSSR count). The Kier molecular flexibility index (Phi) is 7.76. The highest BCUT2D eigenvalue weighted by molar-refractivity contribution is 5.39. The molecule has 1 atom stereocenters. The van der Waals surface area contributed by atoms with Crippen LogP contribution in [0, 0.1) is 0 Å². The number of unbranched alkanes of at least 4 members (excludes halogenated alkanes) is 3. The highest BCUT2D eigenvalue weighted by atomic mass is 16.5. The molecule has 0 saturated heterocycles. The molecule has 1 unspecified atom stereocenters. The molecule has 12 heavy (non-hydrogen) atoms. The first kappa shape index (κ1) is 11.2. The van der Waals surface area contributed by atoms with Gasteiger partial charge in [-0.05, 0) is 12.8 Å². The van der Waals surface area contributed by atoms with Crippen molar-refractivity contribution >= 4 is 6.47 Å². The van der Waals surface area contributed by atoms with Gasteiger partial charge in [-0.1, -0.05) is 38.8 Å². The molecular weight excluding hydrogens is 152 g/mol. The molecule has 0 aromatic carbocycles. The van der Waals surface area contributed by atoms with Crippen LogP contribution in [0.3, 0.4) is 0 Å². The van der Waals surface area contributed by atoms with Crippen LogP contribution in [0.25, 0.3) is 0 Å². The standard InChI is InChI=1S/C10H17O2/c1-3-5-6-7-8-10(4-2)12-9-11/h4,10H,2-3,5-8H2,1H3. The van der Waals surface area contributed by atoms with Crippen LogP contribution >= 0.6 is 0 Å². The summed E-state index contributed by atoms with van der Waals surface area (Å²) in [5.74, 6) is 0. The number of rotatable bonds is 8. The summed E-state index contributed by atoms with van der Waals surface area (Å²) in [4.78, 5) is 9.87. The summed E-state index contributed by atoms with van der Waals surface area (Å²) in [7, 11) is 0. The van der Waals surface area contributed by atoms with E-state index < -0.39 is 0 Å². The third-order valence-corrected chi connectivity index (χ3v) is 1.80. The third-order valence-electron chi connectivity index (χ3n) is 1.80. The molecule has 0 aliphatic rings. The zero-order chi connectivity index (χ0) is 9.23. The van der Waals surface area contributed by atoms with E-state index in [-0.39, 0.29) is 6.10 Å². The lowest BCUT2D eigenvalue weighted by Gasteiger charge is -2.08. The van der Waals surface area contributed by atoms with Crippen LogP contribution in [0.1, 0.15) is 39.0 Å². The van der Waals surface area contributed by atoms with Gasteiger partial charge in [-0.15, -0.1) is 0 Å². The van der Waals surface area contributed by atoms with Crippen LogP contribution in [-0.4, -0.2) is 12.6 Å². The van der Waals surface area contributed by atoms with Crippen molar-refractivity contribution in [3.63, 3.8) is 0 Å². The summed E-state index contributed by atoms with van der Waals surface area (Å²) in [6, 6.07) is 0. The molecule has 2 nitrogen and oxygen atoms in total. The van der Waals surface area contributed by atoms with Gasteiger partial charge in [0.2, 0.25) is 0 Å². The minimum atomic E-state index is -0.139. The third kappa shape index (κ3) is 5.96. The van der Waals surface area contributed by atoms with E-state index in [0.29, 0.717) is 0 Å². The maximum atomic E-state index is 9.87. The summed E-state index contributed by atoms with van der Waals surface area (Å²) >= 11 is 0. The molecule has 0 fully saturated rings. The van der Waals surface area contributed by atoms with Crippen molar-refractivity contribution < 1.29 is 9.53 Å². The Hall–Kier alpha value is -0.790. The second-order valence-electron chi connectivity index (χ2n) is 2.82. The lowest BCUT2D eigenvalue weighted by atomic mass is 10.1. The first-order valence-electron chi connectivity index (χ1n) is 4.50. The van der Waals surface area contributed by atoms with Crippen LogP contribution in [-0.2, 0) is 9.53 Å². The zero-order valence-corrected chi connectivity index (χ0v) is 7.71. The lowest BCUT2D eigenvalue weighted by Crippen LogP contribution is -2.07. The van der Waals surface area contributed by atoms with E-state index in [1.165, 1.54) is 25.7 Å². The fourth-order valence-corrected chi connectivity index (χ4v) is 1.06. The lowest BCUT2D eigenvalue weighted by molar-refractivity contribution is 0.206. The van der Waals surface area contributed by atoms with Crippen LogP contribution in [0.5, 0.6) is 0 Å². The largest absolute Gasteiger partial charge is 0.450 e. The van der Waals surface area contributed by atoms with E-state index in [1.54, 1.807) is 6.08 Å². The van der Waals surface area contributed by atoms with Gasteiger partial charge in [-0.2, -0.15) is 0 Å². The minimum Gasteiger partial charge on any atom is -0.450 e. The average molecular weight is 169 g/mol. The van der Waals surface area contributed by atoms with Gasteiger partial charge in [0.1, 0.15) is 6.10 Å². The Bertz CT molecular complexity index is 121. The van der Waals surface area contributed by atoms with Gasteiger partial charge in [0.05, 0.1) is 0 Å². The Morgan fingerprint density at radius 1 is 1.50 bits per heavy atom. The van der Waals surface area contributed by atoms with E-state index >= 15 is 0 Å². The summed E-state index contributed by atoms with van der Waals surface area (Å²) in [5, 5.41) is 0. The molecule has 2 heteroatoms. The Morgan fingerprint density at radius 3 is 2.75 bits per heavy atom. The molecule has 0 amide bonds. The van der Waals surface area contributed by atoms with Crippen LogP contribution in [0.15, 0.2) is 12.7 Å². The van der Waals surface area contributed by atoms with Gasteiger partial charge in [-0.3, -0.25) is 0 Å². The predicted molar refractivity (Wildman–Crippen MR) is 49.5 cm³/mol. The van der Waals surface area contributed by atoms with Gasteiger partial charge in [-0.25, -0.2) is 4.79 Å². The second-order valence-corrected chi connectivity index (χ2v) is 2.82. The van der Waals surface area contributed by atoms with Crippen molar-refractivity contribution in [2.24, 2.45) is 0 Å². The summed E-state index contributed by atoms with van der Waals surface area (Å²) in [5.41, 5.74) is 0. The molecular formula is C10H17O2.